The van der Waals surface area contributed by atoms with Gasteiger partial charge in [-0.2, -0.15) is 0 Å². The molecule has 8 heteroatoms. The van der Waals surface area contributed by atoms with E-state index in [0.29, 0.717) is 12.1 Å². The van der Waals surface area contributed by atoms with Crippen molar-refractivity contribution in [1.29, 1.82) is 0 Å². The standard InChI is InChI=1S/C26H25NO5.2Na/c28-24(27-23-13-7-12-20(17-23)25(29)30)21(14-18-8-3-1-4-9-18)16-22(26(31)32)15-19-10-5-2-6-11-19;;/h1-13,17,21-22H,14-16H2,(H,27,28)(H,29,30)(H,31,32);;/q;2*+1/p-2/t21-,22-;;/m0../s1. The van der Waals surface area contributed by atoms with Crippen molar-refractivity contribution in [3.63, 3.8) is 0 Å². The summed E-state index contributed by atoms with van der Waals surface area (Å²) in [7, 11) is 0. The Hall–Kier alpha value is -1.93. The fourth-order valence-corrected chi connectivity index (χ4v) is 3.65. The Morgan fingerprint density at radius 3 is 1.74 bits per heavy atom. The summed E-state index contributed by atoms with van der Waals surface area (Å²) in [5.41, 5.74) is 2.00. The first-order valence-corrected chi connectivity index (χ1v) is 10.3. The van der Waals surface area contributed by atoms with E-state index < -0.39 is 23.8 Å². The van der Waals surface area contributed by atoms with Crippen molar-refractivity contribution in [3.05, 3.63) is 102 Å². The third-order valence-electron chi connectivity index (χ3n) is 5.29. The van der Waals surface area contributed by atoms with Gasteiger partial charge in [0.05, 0.1) is 5.97 Å². The van der Waals surface area contributed by atoms with Gasteiger partial charge in [-0.15, -0.1) is 0 Å². The van der Waals surface area contributed by atoms with Gasteiger partial charge in [-0.1, -0.05) is 72.8 Å². The van der Waals surface area contributed by atoms with Crippen molar-refractivity contribution in [3.8, 4) is 0 Å². The molecule has 1 N–H and O–H groups in total. The molecule has 0 saturated carbocycles. The van der Waals surface area contributed by atoms with Crippen LogP contribution >= 0.6 is 0 Å². The fraction of sp³-hybridized carbons (Fsp3) is 0.192. The van der Waals surface area contributed by atoms with Crippen LogP contribution in [0, 0.1) is 11.8 Å². The van der Waals surface area contributed by atoms with Crippen LogP contribution in [0.3, 0.4) is 0 Å². The summed E-state index contributed by atoms with van der Waals surface area (Å²) >= 11 is 0. The molecule has 0 aromatic heterocycles. The van der Waals surface area contributed by atoms with E-state index in [-0.39, 0.29) is 83.4 Å². The topological polar surface area (TPSA) is 109 Å². The maximum atomic E-state index is 13.1. The Morgan fingerprint density at radius 2 is 1.24 bits per heavy atom. The predicted octanol–water partition coefficient (Wildman–Crippen LogP) is -4.15. The second kappa shape index (κ2) is 15.1. The normalized spacial score (nSPS) is 11.8. The molecule has 2 atom stereocenters. The SMILES string of the molecule is O=C([O-])c1cccc(NC(=O)[C@@H](Cc2ccccc2)C[C@H](Cc2ccccc2)C(=O)[O-])c1.[Na+].[Na+]. The Bertz CT molecular complexity index is 1080. The average Bonchev–Trinajstić information content (AvgIpc) is 2.79. The van der Waals surface area contributed by atoms with Crippen LogP contribution in [0.4, 0.5) is 5.69 Å². The molecule has 0 saturated heterocycles. The Morgan fingerprint density at radius 1 is 0.706 bits per heavy atom. The number of carboxylic acid groups (broad SMARTS) is 2. The molecule has 0 aliphatic heterocycles. The van der Waals surface area contributed by atoms with E-state index in [1.807, 2.05) is 60.7 Å². The zero-order valence-corrected chi connectivity index (χ0v) is 23.4. The van der Waals surface area contributed by atoms with Gasteiger partial charge in [-0.05, 0) is 48.1 Å². The molecule has 6 nitrogen and oxygen atoms in total. The summed E-state index contributed by atoms with van der Waals surface area (Å²) in [5, 5.41) is 25.7. The van der Waals surface area contributed by atoms with E-state index in [1.54, 1.807) is 6.07 Å². The van der Waals surface area contributed by atoms with Crippen LogP contribution < -0.4 is 74.6 Å². The first-order valence-electron chi connectivity index (χ1n) is 10.3. The Labute approximate surface area is 243 Å². The molecule has 0 fully saturated rings. The summed E-state index contributed by atoms with van der Waals surface area (Å²) in [6.45, 7) is 0. The first-order chi connectivity index (χ1) is 15.4. The quantitative estimate of drug-likeness (QED) is 0.300. The molecule has 0 heterocycles. The maximum Gasteiger partial charge on any atom is 1.00 e. The number of carbonyl (C=O) groups is 3. The summed E-state index contributed by atoms with van der Waals surface area (Å²) < 4.78 is 0. The zero-order chi connectivity index (χ0) is 22.9. The maximum absolute atomic E-state index is 13.1. The van der Waals surface area contributed by atoms with Crippen molar-refractivity contribution < 1.29 is 83.7 Å². The number of amides is 1. The third-order valence-corrected chi connectivity index (χ3v) is 5.29. The number of nitrogens with one attached hydrogen (secondary N) is 1. The molecule has 1 amide bonds. The third kappa shape index (κ3) is 9.37. The van der Waals surface area contributed by atoms with Gasteiger partial charge in [0.1, 0.15) is 0 Å². The monoisotopic (exact) mass is 475 g/mol. The summed E-state index contributed by atoms with van der Waals surface area (Å²) in [4.78, 5) is 36.1. The number of aliphatic carboxylic acids is 1. The molecule has 0 aliphatic rings. The average molecular weight is 475 g/mol. The van der Waals surface area contributed by atoms with E-state index in [2.05, 4.69) is 5.32 Å². The molecular weight excluding hydrogens is 452 g/mol. The predicted molar refractivity (Wildman–Crippen MR) is 116 cm³/mol. The number of benzene rings is 3. The van der Waals surface area contributed by atoms with Crippen LogP contribution in [0.25, 0.3) is 0 Å². The number of rotatable bonds is 10. The van der Waals surface area contributed by atoms with E-state index in [0.717, 1.165) is 11.1 Å². The Kier molecular flexibility index (Phi) is 13.4. The number of aromatic carboxylic acids is 1. The van der Waals surface area contributed by atoms with Crippen LogP contribution in [0.15, 0.2) is 84.9 Å². The summed E-state index contributed by atoms with van der Waals surface area (Å²) in [6.07, 6.45) is 0.672. The zero-order valence-electron chi connectivity index (χ0n) is 19.4. The van der Waals surface area contributed by atoms with Crippen molar-refractivity contribution in [2.24, 2.45) is 11.8 Å². The van der Waals surface area contributed by atoms with Gasteiger partial charge in [-0.3, -0.25) is 4.79 Å². The van der Waals surface area contributed by atoms with Crippen molar-refractivity contribution >= 4 is 23.5 Å². The molecule has 0 unspecified atom stereocenters. The molecule has 3 rings (SSSR count). The second-order valence-corrected chi connectivity index (χ2v) is 7.69. The fourth-order valence-electron chi connectivity index (χ4n) is 3.65. The number of hydrogen-bond donors (Lipinski definition) is 1. The molecule has 0 bridgehead atoms. The van der Waals surface area contributed by atoms with E-state index in [9.17, 15) is 24.6 Å². The minimum absolute atomic E-state index is 0. The van der Waals surface area contributed by atoms with Gasteiger partial charge < -0.3 is 25.1 Å². The van der Waals surface area contributed by atoms with E-state index in [1.165, 1.54) is 18.2 Å². The van der Waals surface area contributed by atoms with Crippen LogP contribution in [0.5, 0.6) is 0 Å². The molecule has 164 valence electrons. The van der Waals surface area contributed by atoms with Gasteiger partial charge in [0.15, 0.2) is 0 Å². The molecular formula is C26H23NNa2O5. The van der Waals surface area contributed by atoms with Crippen molar-refractivity contribution in [2.75, 3.05) is 5.32 Å². The van der Waals surface area contributed by atoms with E-state index in [4.69, 9.17) is 0 Å². The van der Waals surface area contributed by atoms with Crippen LogP contribution in [-0.2, 0) is 22.4 Å². The smallest absolute Gasteiger partial charge is 0.550 e. The number of carbonyl (C=O) groups excluding carboxylic acids is 3. The molecule has 0 spiro atoms. The number of anilines is 1. The first kappa shape index (κ1) is 30.1. The summed E-state index contributed by atoms with van der Waals surface area (Å²) in [6, 6.07) is 24.3. The number of carboxylic acids is 2. The Balaban J connectivity index is 0.00000289. The molecule has 0 radical (unpaired) electrons. The van der Waals surface area contributed by atoms with Gasteiger partial charge >= 0.3 is 59.1 Å². The second-order valence-electron chi connectivity index (χ2n) is 7.69. The van der Waals surface area contributed by atoms with Crippen LogP contribution in [0.2, 0.25) is 0 Å². The van der Waals surface area contributed by atoms with Crippen LogP contribution in [-0.4, -0.2) is 17.8 Å². The van der Waals surface area contributed by atoms with Crippen molar-refractivity contribution in [2.45, 2.75) is 19.3 Å². The van der Waals surface area contributed by atoms with Crippen LogP contribution in [0.1, 0.15) is 27.9 Å². The van der Waals surface area contributed by atoms with Gasteiger partial charge in [0.2, 0.25) is 5.91 Å². The number of hydrogen-bond acceptors (Lipinski definition) is 5. The van der Waals surface area contributed by atoms with E-state index >= 15 is 0 Å². The largest absolute Gasteiger partial charge is 1.00 e. The van der Waals surface area contributed by atoms with Crippen molar-refractivity contribution in [1.82, 2.24) is 0 Å². The summed E-state index contributed by atoms with van der Waals surface area (Å²) in [5.74, 6) is -4.45. The minimum atomic E-state index is -1.35. The van der Waals surface area contributed by atoms with Gasteiger partial charge in [-0.25, -0.2) is 0 Å². The minimum Gasteiger partial charge on any atom is -0.550 e. The van der Waals surface area contributed by atoms with Gasteiger partial charge in [0.25, 0.3) is 0 Å². The molecule has 3 aromatic carbocycles. The van der Waals surface area contributed by atoms with Gasteiger partial charge in [0, 0.05) is 23.5 Å². The molecule has 34 heavy (non-hydrogen) atoms. The molecule has 0 aliphatic carbocycles. The molecule has 3 aromatic rings.